The molecule has 0 amide bonds. The van der Waals surface area contributed by atoms with Gasteiger partial charge in [0.2, 0.25) is 0 Å². The quantitative estimate of drug-likeness (QED) is 0.569. The average molecular weight is 226 g/mol. The fourth-order valence-electron chi connectivity index (χ4n) is 1.06. The van der Waals surface area contributed by atoms with Crippen LogP contribution in [-0.2, 0) is 0 Å². The van der Waals surface area contributed by atoms with E-state index in [9.17, 15) is 22.0 Å². The molecule has 84 valence electrons. The fraction of sp³-hybridized carbons (Fsp3) is 0.250. The maximum absolute atomic E-state index is 13.0. The summed E-state index contributed by atoms with van der Waals surface area (Å²) in [5.41, 5.74) is 8.24. The van der Waals surface area contributed by atoms with Crippen LogP contribution in [0.3, 0.4) is 0 Å². The largest absolute Gasteiger partial charge is 0.407 e. The third kappa shape index (κ3) is 2.17. The van der Waals surface area contributed by atoms with Crippen molar-refractivity contribution in [2.45, 2.75) is 12.2 Å². The monoisotopic (exact) mass is 226 g/mol. The summed E-state index contributed by atoms with van der Waals surface area (Å²) in [6, 6.07) is -1.16. The zero-order chi connectivity index (χ0) is 11.8. The van der Waals surface area contributed by atoms with Crippen LogP contribution in [0, 0.1) is 11.6 Å². The number of nitrogens with two attached hydrogens (primary N) is 2. The van der Waals surface area contributed by atoms with Gasteiger partial charge in [-0.1, -0.05) is 0 Å². The lowest BCUT2D eigenvalue weighted by atomic mass is 10.0. The number of benzene rings is 1. The van der Waals surface area contributed by atoms with Crippen molar-refractivity contribution in [1.82, 2.24) is 0 Å². The number of nitrogen functional groups attached to an aromatic ring is 1. The van der Waals surface area contributed by atoms with E-state index in [4.69, 9.17) is 11.5 Å². The van der Waals surface area contributed by atoms with E-state index in [1.807, 2.05) is 0 Å². The van der Waals surface area contributed by atoms with Gasteiger partial charge in [0.15, 0.2) is 11.6 Å². The summed E-state index contributed by atoms with van der Waals surface area (Å²) in [4.78, 5) is 0. The van der Waals surface area contributed by atoms with E-state index in [2.05, 4.69) is 0 Å². The van der Waals surface area contributed by atoms with Gasteiger partial charge in [0.25, 0.3) is 0 Å². The van der Waals surface area contributed by atoms with Crippen molar-refractivity contribution in [3.8, 4) is 0 Å². The van der Waals surface area contributed by atoms with Crippen molar-refractivity contribution in [2.75, 3.05) is 5.73 Å². The molecule has 1 aromatic rings. The van der Waals surface area contributed by atoms with E-state index in [0.29, 0.717) is 6.07 Å². The third-order valence-corrected chi connectivity index (χ3v) is 1.83. The van der Waals surface area contributed by atoms with Crippen molar-refractivity contribution in [2.24, 2.45) is 5.73 Å². The first-order valence-electron chi connectivity index (χ1n) is 3.80. The van der Waals surface area contributed by atoms with Gasteiger partial charge in [0.05, 0.1) is 0 Å². The van der Waals surface area contributed by atoms with E-state index in [0.717, 1.165) is 6.07 Å². The van der Waals surface area contributed by atoms with Crippen LogP contribution in [0.5, 0.6) is 0 Å². The molecule has 0 unspecified atom stereocenters. The SMILES string of the molecule is Nc1ccc(F)c(F)c1[C@@H](N)C(F)(F)F. The van der Waals surface area contributed by atoms with Gasteiger partial charge in [0.1, 0.15) is 6.04 Å². The highest BCUT2D eigenvalue weighted by Gasteiger charge is 2.41. The Kier molecular flexibility index (Phi) is 2.85. The number of hydrogen-bond acceptors (Lipinski definition) is 2. The number of alkyl halides is 3. The first-order valence-corrected chi connectivity index (χ1v) is 3.80. The first kappa shape index (κ1) is 11.7. The minimum atomic E-state index is -4.87. The lowest BCUT2D eigenvalue weighted by Gasteiger charge is -2.18. The molecule has 1 atom stereocenters. The summed E-state index contributed by atoms with van der Waals surface area (Å²) in [5.74, 6) is -3.08. The Labute approximate surface area is 81.7 Å². The van der Waals surface area contributed by atoms with Crippen LogP contribution in [0.15, 0.2) is 12.1 Å². The molecule has 1 rings (SSSR count). The molecule has 0 aliphatic carbocycles. The zero-order valence-corrected chi connectivity index (χ0v) is 7.28. The van der Waals surface area contributed by atoms with Gasteiger partial charge < -0.3 is 11.5 Å². The van der Waals surface area contributed by atoms with Crippen molar-refractivity contribution in [3.05, 3.63) is 29.3 Å². The molecule has 0 spiro atoms. The van der Waals surface area contributed by atoms with Crippen LogP contribution in [0.25, 0.3) is 0 Å². The molecular weight excluding hydrogens is 219 g/mol. The number of hydrogen-bond donors (Lipinski definition) is 2. The van der Waals surface area contributed by atoms with Gasteiger partial charge in [-0.25, -0.2) is 8.78 Å². The standard InChI is InChI=1S/C8H7F5N2/c9-3-1-2-4(14)5(6(3)10)7(15)8(11,12)13/h1-2,7H,14-15H2/t7-/m1/s1. The number of halogens is 5. The molecule has 0 fully saturated rings. The molecular formula is C8H7F5N2. The highest BCUT2D eigenvalue weighted by molar-refractivity contribution is 5.49. The van der Waals surface area contributed by atoms with E-state index in [1.165, 1.54) is 0 Å². The molecule has 15 heavy (non-hydrogen) atoms. The normalized spacial score (nSPS) is 14.0. The molecule has 0 aliphatic heterocycles. The molecule has 1 aromatic carbocycles. The minimum Gasteiger partial charge on any atom is -0.398 e. The summed E-state index contributed by atoms with van der Waals surface area (Å²) < 4.78 is 62.1. The van der Waals surface area contributed by atoms with Crippen LogP contribution in [-0.4, -0.2) is 6.18 Å². The van der Waals surface area contributed by atoms with Crippen molar-refractivity contribution in [3.63, 3.8) is 0 Å². The molecule has 0 saturated heterocycles. The van der Waals surface area contributed by atoms with E-state index >= 15 is 0 Å². The summed E-state index contributed by atoms with van der Waals surface area (Å²) in [5, 5.41) is 0. The molecule has 7 heteroatoms. The number of rotatable bonds is 1. The summed E-state index contributed by atoms with van der Waals surface area (Å²) in [6.07, 6.45) is -4.87. The van der Waals surface area contributed by atoms with E-state index < -0.39 is 35.1 Å². The van der Waals surface area contributed by atoms with Crippen molar-refractivity contribution in [1.29, 1.82) is 0 Å². The highest BCUT2D eigenvalue weighted by Crippen LogP contribution is 2.35. The Morgan fingerprint density at radius 2 is 1.67 bits per heavy atom. The predicted octanol–water partition coefficient (Wildman–Crippen LogP) is 2.11. The third-order valence-electron chi connectivity index (χ3n) is 1.83. The van der Waals surface area contributed by atoms with E-state index in [1.54, 1.807) is 0 Å². The summed E-state index contributed by atoms with van der Waals surface area (Å²) in [6.45, 7) is 0. The first-order chi connectivity index (χ1) is 6.75. The lowest BCUT2D eigenvalue weighted by molar-refractivity contribution is -0.149. The molecule has 0 bridgehead atoms. The molecule has 2 nitrogen and oxygen atoms in total. The highest BCUT2D eigenvalue weighted by atomic mass is 19.4. The molecule has 0 aromatic heterocycles. The van der Waals surface area contributed by atoms with Gasteiger partial charge in [-0.2, -0.15) is 13.2 Å². The molecule has 0 aliphatic rings. The second kappa shape index (κ2) is 3.65. The Hall–Kier alpha value is -1.37. The van der Waals surface area contributed by atoms with Gasteiger partial charge in [-0.3, -0.25) is 0 Å². The zero-order valence-electron chi connectivity index (χ0n) is 7.28. The lowest BCUT2D eigenvalue weighted by Crippen LogP contribution is -2.30. The van der Waals surface area contributed by atoms with Crippen molar-refractivity contribution >= 4 is 5.69 Å². The maximum Gasteiger partial charge on any atom is 0.407 e. The average Bonchev–Trinajstić information content (AvgIpc) is 2.10. The second-order valence-electron chi connectivity index (χ2n) is 2.88. The Morgan fingerprint density at radius 1 is 1.13 bits per heavy atom. The van der Waals surface area contributed by atoms with Crippen LogP contribution >= 0.6 is 0 Å². The Bertz CT molecular complexity index is 374. The molecule has 4 N–H and O–H groups in total. The van der Waals surface area contributed by atoms with Crippen molar-refractivity contribution < 1.29 is 22.0 Å². The molecule has 0 saturated carbocycles. The summed E-state index contributed by atoms with van der Waals surface area (Å²) >= 11 is 0. The molecule has 0 radical (unpaired) electrons. The topological polar surface area (TPSA) is 52.0 Å². The fourth-order valence-corrected chi connectivity index (χ4v) is 1.06. The predicted molar refractivity (Wildman–Crippen MR) is 43.8 cm³/mol. The van der Waals surface area contributed by atoms with Gasteiger partial charge in [0, 0.05) is 11.3 Å². The van der Waals surface area contributed by atoms with Gasteiger partial charge >= 0.3 is 6.18 Å². The Morgan fingerprint density at radius 3 is 2.13 bits per heavy atom. The summed E-state index contributed by atoms with van der Waals surface area (Å²) in [7, 11) is 0. The smallest absolute Gasteiger partial charge is 0.398 e. The minimum absolute atomic E-state index is 0.529. The van der Waals surface area contributed by atoms with Crippen LogP contribution in [0.2, 0.25) is 0 Å². The molecule has 0 heterocycles. The van der Waals surface area contributed by atoms with E-state index in [-0.39, 0.29) is 0 Å². The van der Waals surface area contributed by atoms with Gasteiger partial charge in [-0.05, 0) is 12.1 Å². The maximum atomic E-state index is 13.0. The van der Waals surface area contributed by atoms with Crippen LogP contribution < -0.4 is 11.5 Å². The van der Waals surface area contributed by atoms with Crippen LogP contribution in [0.4, 0.5) is 27.6 Å². The van der Waals surface area contributed by atoms with Gasteiger partial charge in [-0.15, -0.1) is 0 Å². The number of anilines is 1. The second-order valence-corrected chi connectivity index (χ2v) is 2.88. The Balaban J connectivity index is 3.31. The van der Waals surface area contributed by atoms with Crippen LogP contribution in [0.1, 0.15) is 11.6 Å².